The SMILES string of the molecule is CC1(C)C(=O)CC[C@]23CO[C@H]4OCC(=CC[C@@H]12)C43. The van der Waals surface area contributed by atoms with Crippen molar-refractivity contribution in [2.45, 2.75) is 39.4 Å². The summed E-state index contributed by atoms with van der Waals surface area (Å²) in [6.07, 6.45) is 5.00. The van der Waals surface area contributed by atoms with Gasteiger partial charge >= 0.3 is 0 Å². The molecule has 0 radical (unpaired) electrons. The molecule has 2 aliphatic heterocycles. The standard InChI is InChI=1S/C15H20O3/c1-14(2)10-4-3-9-7-17-13-12(9)15(10,8-18-13)6-5-11(14)16/h3,10,12-13H,4-8H2,1-2H3/t10-,12?,13+,15-/m0/s1. The lowest BCUT2D eigenvalue weighted by Gasteiger charge is -2.53. The minimum absolute atomic E-state index is 0.0388. The maximum Gasteiger partial charge on any atom is 0.165 e. The van der Waals surface area contributed by atoms with Gasteiger partial charge in [0.25, 0.3) is 0 Å². The maximum atomic E-state index is 12.2. The zero-order chi connectivity index (χ0) is 12.5. The van der Waals surface area contributed by atoms with Crippen LogP contribution in [-0.4, -0.2) is 25.3 Å². The predicted molar refractivity (Wildman–Crippen MR) is 65.8 cm³/mol. The third kappa shape index (κ3) is 1.11. The van der Waals surface area contributed by atoms with E-state index in [-0.39, 0.29) is 17.1 Å². The molecule has 0 amide bonds. The van der Waals surface area contributed by atoms with E-state index < -0.39 is 0 Å². The van der Waals surface area contributed by atoms with Crippen LogP contribution in [0.1, 0.15) is 33.1 Å². The van der Waals surface area contributed by atoms with Gasteiger partial charge in [0.2, 0.25) is 0 Å². The maximum absolute atomic E-state index is 12.2. The normalized spacial score (nSPS) is 48.7. The highest BCUT2D eigenvalue weighted by atomic mass is 16.7. The molecule has 3 heteroatoms. The first-order valence-electron chi connectivity index (χ1n) is 7.01. The van der Waals surface area contributed by atoms with Gasteiger partial charge in [0.05, 0.1) is 13.2 Å². The highest BCUT2D eigenvalue weighted by Gasteiger charge is 2.64. The smallest absolute Gasteiger partial charge is 0.165 e. The Labute approximate surface area is 108 Å². The van der Waals surface area contributed by atoms with Crippen LogP contribution < -0.4 is 0 Å². The van der Waals surface area contributed by atoms with Crippen molar-refractivity contribution in [1.82, 2.24) is 0 Å². The molecule has 4 aliphatic rings. The van der Waals surface area contributed by atoms with E-state index in [1.54, 1.807) is 0 Å². The second kappa shape index (κ2) is 3.26. The van der Waals surface area contributed by atoms with Crippen molar-refractivity contribution in [2.24, 2.45) is 22.7 Å². The summed E-state index contributed by atoms with van der Waals surface area (Å²) in [5.41, 5.74) is 1.39. The molecule has 4 rings (SSSR count). The van der Waals surface area contributed by atoms with Crippen molar-refractivity contribution in [2.75, 3.05) is 13.2 Å². The third-order valence-electron chi connectivity index (χ3n) is 5.94. The Bertz CT molecular complexity index is 451. The molecule has 0 aromatic carbocycles. The van der Waals surface area contributed by atoms with Crippen molar-refractivity contribution in [3.8, 4) is 0 Å². The van der Waals surface area contributed by atoms with Gasteiger partial charge in [-0.05, 0) is 24.3 Å². The first kappa shape index (κ1) is 11.2. The topological polar surface area (TPSA) is 35.5 Å². The lowest BCUT2D eigenvalue weighted by molar-refractivity contribution is -0.142. The summed E-state index contributed by atoms with van der Waals surface area (Å²) in [5, 5.41) is 0. The second-order valence-electron chi connectivity index (χ2n) is 6.91. The Morgan fingerprint density at radius 3 is 3.00 bits per heavy atom. The summed E-state index contributed by atoms with van der Waals surface area (Å²) < 4.78 is 11.7. The number of carbonyl (C=O) groups excluding carboxylic acids is 1. The zero-order valence-electron chi connectivity index (χ0n) is 11.1. The monoisotopic (exact) mass is 248 g/mol. The molecule has 0 bridgehead atoms. The molecule has 1 saturated carbocycles. The molecule has 0 aromatic heterocycles. The molecule has 2 heterocycles. The molecule has 0 N–H and O–H groups in total. The molecule has 4 atom stereocenters. The predicted octanol–water partition coefficient (Wildman–Crippen LogP) is 2.31. The van der Waals surface area contributed by atoms with E-state index in [1.807, 2.05) is 0 Å². The Morgan fingerprint density at radius 2 is 2.17 bits per heavy atom. The third-order valence-corrected chi connectivity index (χ3v) is 5.94. The average molecular weight is 248 g/mol. The van der Waals surface area contributed by atoms with Crippen molar-refractivity contribution >= 4 is 5.78 Å². The number of hydrogen-bond acceptors (Lipinski definition) is 3. The van der Waals surface area contributed by atoms with Gasteiger partial charge in [-0.1, -0.05) is 19.9 Å². The Kier molecular flexibility index (Phi) is 2.02. The van der Waals surface area contributed by atoms with Gasteiger partial charge in [-0.2, -0.15) is 0 Å². The van der Waals surface area contributed by atoms with Crippen LogP contribution in [-0.2, 0) is 14.3 Å². The molecule has 0 aromatic rings. The van der Waals surface area contributed by atoms with E-state index in [0.717, 1.165) is 26.1 Å². The number of hydrogen-bond donors (Lipinski definition) is 0. The Balaban J connectivity index is 1.84. The largest absolute Gasteiger partial charge is 0.351 e. The van der Waals surface area contributed by atoms with Crippen molar-refractivity contribution < 1.29 is 14.3 Å². The highest BCUT2D eigenvalue weighted by molar-refractivity contribution is 5.85. The van der Waals surface area contributed by atoms with Crippen molar-refractivity contribution in [1.29, 1.82) is 0 Å². The van der Waals surface area contributed by atoms with Gasteiger partial charge in [-0.15, -0.1) is 0 Å². The number of Topliss-reactive ketones (excluding diaryl/α,β-unsaturated/α-hetero) is 1. The lowest BCUT2D eigenvalue weighted by Crippen LogP contribution is -2.53. The summed E-state index contributed by atoms with van der Waals surface area (Å²) in [6.45, 7) is 5.77. The molecule has 98 valence electrons. The second-order valence-corrected chi connectivity index (χ2v) is 6.91. The van der Waals surface area contributed by atoms with Gasteiger partial charge in [0, 0.05) is 23.2 Å². The molecule has 3 fully saturated rings. The van der Waals surface area contributed by atoms with E-state index in [2.05, 4.69) is 19.9 Å². The van der Waals surface area contributed by atoms with E-state index in [0.29, 0.717) is 24.0 Å². The number of rotatable bonds is 0. The fraction of sp³-hybridized carbons (Fsp3) is 0.800. The van der Waals surface area contributed by atoms with Crippen molar-refractivity contribution in [3.05, 3.63) is 11.6 Å². The highest BCUT2D eigenvalue weighted by Crippen LogP contribution is 2.63. The van der Waals surface area contributed by atoms with Gasteiger partial charge in [0.15, 0.2) is 6.29 Å². The van der Waals surface area contributed by atoms with Crippen molar-refractivity contribution in [3.63, 3.8) is 0 Å². The molecular weight excluding hydrogens is 228 g/mol. The average Bonchev–Trinajstić information content (AvgIpc) is 2.91. The molecule has 2 saturated heterocycles. The number of allylic oxidation sites excluding steroid dienone is 1. The van der Waals surface area contributed by atoms with Crippen LogP contribution >= 0.6 is 0 Å². The van der Waals surface area contributed by atoms with Crippen LogP contribution in [0.4, 0.5) is 0 Å². The van der Waals surface area contributed by atoms with Crippen LogP contribution in [0.25, 0.3) is 0 Å². The first-order chi connectivity index (χ1) is 8.56. The zero-order valence-corrected chi connectivity index (χ0v) is 11.1. The molecular formula is C15H20O3. The van der Waals surface area contributed by atoms with E-state index in [4.69, 9.17) is 9.47 Å². The van der Waals surface area contributed by atoms with Crippen LogP contribution in [0.3, 0.4) is 0 Å². The Hall–Kier alpha value is -0.670. The van der Waals surface area contributed by atoms with Gasteiger partial charge in [0.1, 0.15) is 5.78 Å². The minimum atomic E-state index is -0.207. The van der Waals surface area contributed by atoms with E-state index in [1.165, 1.54) is 5.57 Å². The number of ether oxygens (including phenoxy) is 2. The summed E-state index contributed by atoms with van der Waals surface area (Å²) in [7, 11) is 0. The van der Waals surface area contributed by atoms with Crippen LogP contribution in [0, 0.1) is 22.7 Å². The van der Waals surface area contributed by atoms with Crippen LogP contribution in [0.5, 0.6) is 0 Å². The molecule has 2 aliphatic carbocycles. The summed E-state index contributed by atoms with van der Waals surface area (Å²) in [5.74, 6) is 1.27. The number of carbonyl (C=O) groups is 1. The van der Waals surface area contributed by atoms with Crippen LogP contribution in [0.15, 0.2) is 11.6 Å². The molecule has 1 unspecified atom stereocenters. The molecule has 3 nitrogen and oxygen atoms in total. The van der Waals surface area contributed by atoms with Gasteiger partial charge in [-0.3, -0.25) is 4.79 Å². The Morgan fingerprint density at radius 1 is 1.33 bits per heavy atom. The van der Waals surface area contributed by atoms with E-state index >= 15 is 0 Å². The fourth-order valence-electron chi connectivity index (χ4n) is 4.94. The quantitative estimate of drug-likeness (QED) is 0.617. The van der Waals surface area contributed by atoms with Crippen LogP contribution in [0.2, 0.25) is 0 Å². The van der Waals surface area contributed by atoms with Gasteiger partial charge < -0.3 is 9.47 Å². The number of ketones is 1. The summed E-state index contributed by atoms with van der Waals surface area (Å²) in [4.78, 5) is 12.2. The summed E-state index contributed by atoms with van der Waals surface area (Å²) in [6, 6.07) is 0. The summed E-state index contributed by atoms with van der Waals surface area (Å²) >= 11 is 0. The lowest BCUT2D eigenvalue weighted by atomic mass is 9.48. The molecule has 18 heavy (non-hydrogen) atoms. The van der Waals surface area contributed by atoms with Gasteiger partial charge in [-0.25, -0.2) is 0 Å². The fourth-order valence-corrected chi connectivity index (χ4v) is 4.94. The first-order valence-corrected chi connectivity index (χ1v) is 7.01. The minimum Gasteiger partial charge on any atom is -0.351 e. The molecule has 1 spiro atoms. The van der Waals surface area contributed by atoms with E-state index in [9.17, 15) is 4.79 Å².